The first-order valence-corrected chi connectivity index (χ1v) is 8.42. The van der Waals surface area contributed by atoms with Gasteiger partial charge in [-0.2, -0.15) is 0 Å². The zero-order valence-corrected chi connectivity index (χ0v) is 14.2. The number of rotatable bonds is 8. The number of aryl methyl sites for hydroxylation is 2. The van der Waals surface area contributed by atoms with Crippen LogP contribution in [-0.2, 0) is 12.8 Å². The largest absolute Gasteiger partial charge is 0.0999 e. The molecule has 0 aromatic heterocycles. The highest BCUT2D eigenvalue weighted by molar-refractivity contribution is 5.23. The summed E-state index contributed by atoms with van der Waals surface area (Å²) in [6.07, 6.45) is 9.92. The van der Waals surface area contributed by atoms with Crippen LogP contribution in [0.3, 0.4) is 0 Å². The average Bonchev–Trinajstić information content (AvgIpc) is 2.47. The molecule has 0 spiro atoms. The van der Waals surface area contributed by atoms with Gasteiger partial charge in [-0.15, -0.1) is 0 Å². The second-order valence-corrected chi connectivity index (χ2v) is 5.54. The maximum Gasteiger partial charge on any atom is -0.0279 e. The molecule has 1 rings (SSSR count). The summed E-state index contributed by atoms with van der Waals surface area (Å²) in [4.78, 5) is 0. The Labute approximate surface area is 127 Å². The molecule has 0 nitrogen and oxygen atoms in total. The number of unbranched alkanes of at least 4 members (excludes halogenated alkanes) is 2. The number of allylic oxidation sites excluding steroid dienone is 1. The first kappa shape index (κ1) is 19.0. The highest BCUT2D eigenvalue weighted by Gasteiger charge is 1.96. The normalized spacial score (nSPS) is 9.80. The van der Waals surface area contributed by atoms with Crippen LogP contribution in [0.25, 0.3) is 0 Å². The molecule has 0 aliphatic carbocycles. The van der Waals surface area contributed by atoms with Crippen LogP contribution in [0, 0.1) is 0 Å². The van der Waals surface area contributed by atoms with E-state index in [0.717, 1.165) is 12.8 Å². The van der Waals surface area contributed by atoms with Crippen molar-refractivity contribution in [2.75, 3.05) is 0 Å². The number of hydrogen-bond acceptors (Lipinski definition) is 0. The summed E-state index contributed by atoms with van der Waals surface area (Å²) in [6.45, 7) is 12.7. The third-order valence-electron chi connectivity index (χ3n) is 3.40. The lowest BCUT2D eigenvalue weighted by Gasteiger charge is -2.05. The van der Waals surface area contributed by atoms with Crippen LogP contribution < -0.4 is 0 Å². The average molecular weight is 274 g/mol. The second kappa shape index (κ2) is 13.0. The predicted octanol–water partition coefficient (Wildman–Crippen LogP) is 6.73. The van der Waals surface area contributed by atoms with Crippen molar-refractivity contribution in [1.29, 1.82) is 0 Å². The van der Waals surface area contributed by atoms with Crippen molar-refractivity contribution < 1.29 is 0 Å². The molecule has 0 aliphatic heterocycles. The van der Waals surface area contributed by atoms with E-state index in [1.165, 1.54) is 55.2 Å². The van der Waals surface area contributed by atoms with Crippen molar-refractivity contribution in [2.24, 2.45) is 0 Å². The van der Waals surface area contributed by atoms with E-state index >= 15 is 0 Å². The minimum atomic E-state index is 1.14. The van der Waals surface area contributed by atoms with E-state index < -0.39 is 0 Å². The molecular weight excluding hydrogens is 240 g/mol. The molecule has 0 aliphatic rings. The topological polar surface area (TPSA) is 0 Å². The summed E-state index contributed by atoms with van der Waals surface area (Å²) in [5.74, 6) is 0. The van der Waals surface area contributed by atoms with E-state index in [4.69, 9.17) is 0 Å². The van der Waals surface area contributed by atoms with E-state index in [1.807, 2.05) is 0 Å². The summed E-state index contributed by atoms with van der Waals surface area (Å²) < 4.78 is 0. The molecule has 0 amide bonds. The zero-order chi connectivity index (χ0) is 15.2. The maximum absolute atomic E-state index is 4.05. The summed E-state index contributed by atoms with van der Waals surface area (Å²) in [5.41, 5.74) is 4.36. The monoisotopic (exact) mass is 274 g/mol. The molecule has 20 heavy (non-hydrogen) atoms. The zero-order valence-electron chi connectivity index (χ0n) is 14.2. The van der Waals surface area contributed by atoms with Crippen molar-refractivity contribution in [1.82, 2.24) is 0 Å². The summed E-state index contributed by atoms with van der Waals surface area (Å²) >= 11 is 0. The fraction of sp³-hybridized carbons (Fsp3) is 0.600. The molecule has 0 radical (unpaired) electrons. The molecule has 0 N–H and O–H groups in total. The molecule has 1 aromatic rings. The Bertz CT molecular complexity index is 349. The third kappa shape index (κ3) is 9.83. The number of benzene rings is 1. The summed E-state index contributed by atoms with van der Waals surface area (Å²) in [5, 5.41) is 0. The maximum atomic E-state index is 4.05. The molecule has 1 aromatic carbocycles. The second-order valence-electron chi connectivity index (χ2n) is 5.54. The lowest BCUT2D eigenvalue weighted by Crippen LogP contribution is -1.89. The van der Waals surface area contributed by atoms with Gasteiger partial charge >= 0.3 is 0 Å². The van der Waals surface area contributed by atoms with Crippen LogP contribution in [0.15, 0.2) is 36.4 Å². The minimum absolute atomic E-state index is 1.14. The van der Waals surface area contributed by atoms with Gasteiger partial charge in [0.15, 0.2) is 0 Å². The molecule has 0 bridgehead atoms. The van der Waals surface area contributed by atoms with Crippen molar-refractivity contribution in [3.8, 4) is 0 Å². The van der Waals surface area contributed by atoms with Gasteiger partial charge in [0.2, 0.25) is 0 Å². The van der Waals surface area contributed by atoms with E-state index in [1.54, 1.807) is 0 Å². The van der Waals surface area contributed by atoms with Crippen molar-refractivity contribution >= 4 is 0 Å². The molecule has 0 saturated heterocycles. The molecule has 0 fully saturated rings. The Morgan fingerprint density at radius 3 is 2.20 bits per heavy atom. The molecule has 0 heterocycles. The van der Waals surface area contributed by atoms with E-state index in [9.17, 15) is 0 Å². The number of hydrogen-bond donors (Lipinski definition) is 0. The SMILES string of the molecule is C=C(CC)CCCCCc1cccc(CC)c1.CCC. The van der Waals surface area contributed by atoms with Crippen LogP contribution in [0.1, 0.15) is 77.3 Å². The van der Waals surface area contributed by atoms with E-state index in [2.05, 4.69) is 58.5 Å². The van der Waals surface area contributed by atoms with Crippen LogP contribution in [-0.4, -0.2) is 0 Å². The van der Waals surface area contributed by atoms with Crippen LogP contribution in [0.2, 0.25) is 0 Å². The molecule has 0 unspecified atom stereocenters. The predicted molar refractivity (Wildman–Crippen MR) is 93.4 cm³/mol. The first-order chi connectivity index (χ1) is 9.67. The van der Waals surface area contributed by atoms with Crippen molar-refractivity contribution in [3.63, 3.8) is 0 Å². The van der Waals surface area contributed by atoms with Gasteiger partial charge in [-0.1, -0.05) is 77.0 Å². The third-order valence-corrected chi connectivity index (χ3v) is 3.40. The van der Waals surface area contributed by atoms with Gasteiger partial charge in [-0.25, -0.2) is 0 Å². The van der Waals surface area contributed by atoms with Crippen LogP contribution in [0.4, 0.5) is 0 Å². The van der Waals surface area contributed by atoms with Gasteiger partial charge in [0.25, 0.3) is 0 Å². The van der Waals surface area contributed by atoms with Gasteiger partial charge in [0.1, 0.15) is 0 Å². The summed E-state index contributed by atoms with van der Waals surface area (Å²) in [6, 6.07) is 9.01. The van der Waals surface area contributed by atoms with Crippen LogP contribution >= 0.6 is 0 Å². The Balaban J connectivity index is 0.00000110. The van der Waals surface area contributed by atoms with Gasteiger partial charge in [0, 0.05) is 0 Å². The summed E-state index contributed by atoms with van der Waals surface area (Å²) in [7, 11) is 0. The quantitative estimate of drug-likeness (QED) is 0.364. The van der Waals surface area contributed by atoms with Gasteiger partial charge in [-0.3, -0.25) is 0 Å². The van der Waals surface area contributed by atoms with Crippen molar-refractivity contribution in [2.45, 2.75) is 79.1 Å². The molecule has 0 heteroatoms. The van der Waals surface area contributed by atoms with E-state index in [-0.39, 0.29) is 0 Å². The van der Waals surface area contributed by atoms with Crippen LogP contribution in [0.5, 0.6) is 0 Å². The Kier molecular flexibility index (Phi) is 12.3. The Hall–Kier alpha value is -1.04. The fourth-order valence-corrected chi connectivity index (χ4v) is 2.06. The molecule has 0 saturated carbocycles. The minimum Gasteiger partial charge on any atom is -0.0999 e. The molecule has 114 valence electrons. The molecule has 0 atom stereocenters. The fourth-order valence-electron chi connectivity index (χ4n) is 2.06. The molecular formula is C20H34. The lowest BCUT2D eigenvalue weighted by atomic mass is 10.0. The first-order valence-electron chi connectivity index (χ1n) is 8.42. The van der Waals surface area contributed by atoms with Gasteiger partial charge < -0.3 is 0 Å². The standard InChI is InChI=1S/C17H26.C3H8/c1-4-15(3)10-7-6-8-11-17-13-9-12-16(5-2)14-17;1-3-2/h9,12-14H,3-8,10-11H2,1-2H3;3H2,1-2H3. The van der Waals surface area contributed by atoms with E-state index in [0.29, 0.717) is 0 Å². The van der Waals surface area contributed by atoms with Gasteiger partial charge in [0.05, 0.1) is 0 Å². The van der Waals surface area contributed by atoms with Gasteiger partial charge in [-0.05, 0) is 49.7 Å². The lowest BCUT2D eigenvalue weighted by molar-refractivity contribution is 0.669. The smallest absolute Gasteiger partial charge is 0.0279 e. The van der Waals surface area contributed by atoms with Crippen molar-refractivity contribution in [3.05, 3.63) is 47.5 Å². The highest BCUT2D eigenvalue weighted by atomic mass is 14.0. The highest BCUT2D eigenvalue weighted by Crippen LogP contribution is 2.13. The Morgan fingerprint density at radius 1 is 0.950 bits per heavy atom. The Morgan fingerprint density at radius 2 is 1.60 bits per heavy atom.